The van der Waals surface area contributed by atoms with Crippen molar-refractivity contribution in [1.82, 2.24) is 4.90 Å². The second-order valence-electron chi connectivity index (χ2n) is 6.62. The molecule has 4 heteroatoms. The van der Waals surface area contributed by atoms with E-state index in [0.29, 0.717) is 19.0 Å². The highest BCUT2D eigenvalue weighted by atomic mass is 16.2. The zero-order valence-electron chi connectivity index (χ0n) is 13.4. The van der Waals surface area contributed by atoms with E-state index >= 15 is 0 Å². The number of anilines is 1. The summed E-state index contributed by atoms with van der Waals surface area (Å²) in [7, 11) is 0. The third-order valence-electron chi connectivity index (χ3n) is 4.87. The molecule has 0 aliphatic carbocycles. The summed E-state index contributed by atoms with van der Waals surface area (Å²) < 4.78 is 0. The van der Waals surface area contributed by atoms with E-state index in [2.05, 4.69) is 6.92 Å². The van der Waals surface area contributed by atoms with Gasteiger partial charge in [-0.2, -0.15) is 0 Å². The van der Waals surface area contributed by atoms with Gasteiger partial charge in [-0.3, -0.25) is 9.59 Å². The number of hydrogen-bond donors (Lipinski definition) is 0. The van der Waals surface area contributed by atoms with Crippen molar-refractivity contribution in [2.24, 2.45) is 5.92 Å². The minimum Gasteiger partial charge on any atom is -0.340 e. The summed E-state index contributed by atoms with van der Waals surface area (Å²) in [5.41, 5.74) is 2.04. The van der Waals surface area contributed by atoms with Crippen molar-refractivity contribution in [2.75, 3.05) is 18.0 Å². The maximum absolute atomic E-state index is 12.7. The molecule has 0 N–H and O–H groups in total. The molecule has 2 amide bonds. The molecule has 2 aliphatic heterocycles. The van der Waals surface area contributed by atoms with Crippen LogP contribution in [0, 0.1) is 12.8 Å². The summed E-state index contributed by atoms with van der Waals surface area (Å²) in [5.74, 6) is 0.0397. The summed E-state index contributed by atoms with van der Waals surface area (Å²) in [6, 6.07) is 8.24. The molecule has 0 bridgehead atoms. The summed E-state index contributed by atoms with van der Waals surface area (Å²) >= 11 is 0. The molecule has 0 spiro atoms. The highest BCUT2D eigenvalue weighted by Gasteiger charge is 2.38. The number of likely N-dealkylation sites (tertiary alicyclic amines) is 1. The third kappa shape index (κ3) is 2.87. The van der Waals surface area contributed by atoms with E-state index in [9.17, 15) is 9.59 Å². The first-order valence-corrected chi connectivity index (χ1v) is 8.24. The average Bonchev–Trinajstić information content (AvgIpc) is 2.89. The van der Waals surface area contributed by atoms with Crippen LogP contribution < -0.4 is 4.90 Å². The molecule has 1 aromatic rings. The standard InChI is InChI=1S/C18H24N2O2/c1-13-6-5-8-16(10-13)20-12-15(11-17(20)21)18(22)19-9-4-3-7-14(19)2/h5-6,8,10,14-15H,3-4,7,9,11-12H2,1-2H3/t14-,15-/m0/s1. The van der Waals surface area contributed by atoms with Gasteiger partial charge in [-0.05, 0) is 50.8 Å². The lowest BCUT2D eigenvalue weighted by molar-refractivity contribution is -0.139. The summed E-state index contributed by atoms with van der Waals surface area (Å²) in [5, 5.41) is 0. The Kier molecular flexibility index (Phi) is 4.19. The van der Waals surface area contributed by atoms with Crippen LogP contribution in [0.3, 0.4) is 0 Å². The van der Waals surface area contributed by atoms with E-state index in [-0.39, 0.29) is 17.7 Å². The predicted octanol–water partition coefficient (Wildman–Crippen LogP) is 2.75. The highest BCUT2D eigenvalue weighted by molar-refractivity contribution is 6.00. The Hall–Kier alpha value is -1.84. The van der Waals surface area contributed by atoms with Gasteiger partial charge in [0.2, 0.25) is 11.8 Å². The smallest absolute Gasteiger partial charge is 0.228 e. The number of piperidine rings is 1. The van der Waals surface area contributed by atoms with Gasteiger partial charge < -0.3 is 9.80 Å². The van der Waals surface area contributed by atoms with Crippen molar-refractivity contribution < 1.29 is 9.59 Å². The first kappa shape index (κ1) is 15.1. The van der Waals surface area contributed by atoms with Gasteiger partial charge in [0.25, 0.3) is 0 Å². The van der Waals surface area contributed by atoms with E-state index in [0.717, 1.165) is 30.6 Å². The number of aryl methyl sites for hydroxylation is 1. The number of benzene rings is 1. The highest BCUT2D eigenvalue weighted by Crippen LogP contribution is 2.28. The Labute approximate surface area is 132 Å². The molecular formula is C18H24N2O2. The number of amides is 2. The first-order chi connectivity index (χ1) is 10.6. The first-order valence-electron chi connectivity index (χ1n) is 8.24. The van der Waals surface area contributed by atoms with Gasteiger partial charge in [-0.15, -0.1) is 0 Å². The lowest BCUT2D eigenvalue weighted by Crippen LogP contribution is -2.45. The molecule has 4 nitrogen and oxygen atoms in total. The van der Waals surface area contributed by atoms with Gasteiger partial charge in [-0.1, -0.05) is 12.1 Å². The molecule has 2 atom stereocenters. The van der Waals surface area contributed by atoms with Crippen LogP contribution in [0.5, 0.6) is 0 Å². The molecule has 22 heavy (non-hydrogen) atoms. The number of nitrogens with zero attached hydrogens (tertiary/aromatic N) is 2. The largest absolute Gasteiger partial charge is 0.340 e. The van der Waals surface area contributed by atoms with Crippen molar-refractivity contribution in [3.63, 3.8) is 0 Å². The minimum absolute atomic E-state index is 0.0635. The van der Waals surface area contributed by atoms with Crippen LogP contribution in [0.15, 0.2) is 24.3 Å². The van der Waals surface area contributed by atoms with E-state index in [4.69, 9.17) is 0 Å². The third-order valence-corrected chi connectivity index (χ3v) is 4.87. The summed E-state index contributed by atoms with van der Waals surface area (Å²) in [4.78, 5) is 28.8. The van der Waals surface area contributed by atoms with Crippen molar-refractivity contribution in [1.29, 1.82) is 0 Å². The van der Waals surface area contributed by atoms with Crippen LogP contribution in [-0.4, -0.2) is 35.8 Å². The minimum atomic E-state index is -0.187. The molecule has 3 rings (SSSR count). The van der Waals surface area contributed by atoms with Gasteiger partial charge in [0, 0.05) is 31.2 Å². The van der Waals surface area contributed by atoms with Crippen LogP contribution in [0.2, 0.25) is 0 Å². The van der Waals surface area contributed by atoms with Gasteiger partial charge in [0.05, 0.1) is 5.92 Å². The Morgan fingerprint density at radius 2 is 2.09 bits per heavy atom. The van der Waals surface area contributed by atoms with E-state index < -0.39 is 0 Å². The molecule has 2 heterocycles. The topological polar surface area (TPSA) is 40.6 Å². The SMILES string of the molecule is Cc1cccc(N2C[C@@H](C(=O)N3CCCC[C@@H]3C)CC2=O)c1. The Morgan fingerprint density at radius 1 is 1.27 bits per heavy atom. The van der Waals surface area contributed by atoms with Crippen LogP contribution in [0.4, 0.5) is 5.69 Å². The quantitative estimate of drug-likeness (QED) is 0.842. The Bertz CT molecular complexity index is 584. The monoisotopic (exact) mass is 300 g/mol. The van der Waals surface area contributed by atoms with Gasteiger partial charge >= 0.3 is 0 Å². The number of carbonyl (C=O) groups is 2. The van der Waals surface area contributed by atoms with Crippen molar-refractivity contribution in [3.8, 4) is 0 Å². The van der Waals surface area contributed by atoms with Crippen LogP contribution in [0.1, 0.15) is 38.2 Å². The fourth-order valence-electron chi connectivity index (χ4n) is 3.58. The van der Waals surface area contributed by atoms with E-state index in [1.54, 1.807) is 4.90 Å². The fraction of sp³-hybridized carbons (Fsp3) is 0.556. The molecule has 2 fully saturated rings. The number of hydrogen-bond acceptors (Lipinski definition) is 2. The predicted molar refractivity (Wildman–Crippen MR) is 86.7 cm³/mol. The molecule has 2 aliphatic rings. The average molecular weight is 300 g/mol. The molecule has 1 aromatic carbocycles. The maximum Gasteiger partial charge on any atom is 0.228 e. The zero-order chi connectivity index (χ0) is 15.7. The molecular weight excluding hydrogens is 276 g/mol. The molecule has 0 unspecified atom stereocenters. The van der Waals surface area contributed by atoms with Crippen molar-refractivity contribution in [3.05, 3.63) is 29.8 Å². The number of rotatable bonds is 2. The van der Waals surface area contributed by atoms with E-state index in [1.165, 1.54) is 6.42 Å². The molecule has 118 valence electrons. The van der Waals surface area contributed by atoms with Gasteiger partial charge in [-0.25, -0.2) is 0 Å². The van der Waals surface area contributed by atoms with Crippen molar-refractivity contribution >= 4 is 17.5 Å². The van der Waals surface area contributed by atoms with Crippen LogP contribution in [0.25, 0.3) is 0 Å². The molecule has 0 radical (unpaired) electrons. The second-order valence-corrected chi connectivity index (χ2v) is 6.62. The van der Waals surface area contributed by atoms with E-state index in [1.807, 2.05) is 36.1 Å². The van der Waals surface area contributed by atoms with Gasteiger partial charge in [0.1, 0.15) is 0 Å². The zero-order valence-corrected chi connectivity index (χ0v) is 13.4. The molecule has 0 saturated carbocycles. The molecule has 2 saturated heterocycles. The number of carbonyl (C=O) groups excluding carboxylic acids is 2. The summed E-state index contributed by atoms with van der Waals surface area (Å²) in [6.07, 6.45) is 3.70. The normalized spacial score (nSPS) is 25.6. The fourth-order valence-corrected chi connectivity index (χ4v) is 3.58. The maximum atomic E-state index is 12.7. The summed E-state index contributed by atoms with van der Waals surface area (Å²) in [6.45, 7) is 5.49. The Morgan fingerprint density at radius 3 is 2.82 bits per heavy atom. The lowest BCUT2D eigenvalue weighted by atomic mass is 9.99. The second kappa shape index (κ2) is 6.11. The Balaban J connectivity index is 1.72. The van der Waals surface area contributed by atoms with Crippen molar-refractivity contribution in [2.45, 2.75) is 45.6 Å². The van der Waals surface area contributed by atoms with Crippen LogP contribution >= 0.6 is 0 Å². The molecule has 0 aromatic heterocycles. The van der Waals surface area contributed by atoms with Gasteiger partial charge in [0.15, 0.2) is 0 Å². The van der Waals surface area contributed by atoms with Crippen LogP contribution in [-0.2, 0) is 9.59 Å². The lowest BCUT2D eigenvalue weighted by Gasteiger charge is -2.35.